The van der Waals surface area contributed by atoms with Crippen LogP contribution in [0.25, 0.3) is 0 Å². The number of carbonyl (C=O) groups excluding carboxylic acids is 1. The molecule has 3 heteroatoms. The van der Waals surface area contributed by atoms with Gasteiger partial charge in [-0.15, -0.1) is 0 Å². The molecule has 17 heavy (non-hydrogen) atoms. The normalized spacial score (nSPS) is 20.6. The molecular weight excluding hydrogens is 214 g/mol. The fourth-order valence-electron chi connectivity index (χ4n) is 2.58. The van der Waals surface area contributed by atoms with Gasteiger partial charge in [0.2, 0.25) is 5.91 Å². The fraction of sp³-hybridized carbons (Fsp3) is 0.929. The maximum atomic E-state index is 12.1. The van der Waals surface area contributed by atoms with Gasteiger partial charge in [-0.3, -0.25) is 9.63 Å². The smallest absolute Gasteiger partial charge is 0.248 e. The minimum Gasteiger partial charge on any atom is -0.275 e. The van der Waals surface area contributed by atoms with E-state index in [2.05, 4.69) is 0 Å². The third kappa shape index (κ3) is 5.53. The predicted octanol–water partition coefficient (Wildman–Crippen LogP) is 3.54. The van der Waals surface area contributed by atoms with E-state index >= 15 is 0 Å². The van der Waals surface area contributed by atoms with Crippen LogP contribution in [-0.4, -0.2) is 25.1 Å². The molecule has 0 saturated heterocycles. The van der Waals surface area contributed by atoms with Crippen LogP contribution < -0.4 is 0 Å². The Morgan fingerprint density at radius 2 is 1.35 bits per heavy atom. The summed E-state index contributed by atoms with van der Waals surface area (Å²) in [5, 5.41) is 1.39. The van der Waals surface area contributed by atoms with Gasteiger partial charge in [0.1, 0.15) is 0 Å². The summed E-state index contributed by atoms with van der Waals surface area (Å²) < 4.78 is 0. The molecule has 0 atom stereocenters. The van der Waals surface area contributed by atoms with Gasteiger partial charge in [0.25, 0.3) is 0 Å². The van der Waals surface area contributed by atoms with Gasteiger partial charge < -0.3 is 0 Å². The van der Waals surface area contributed by atoms with Crippen LogP contribution in [0.15, 0.2) is 0 Å². The summed E-state index contributed by atoms with van der Waals surface area (Å²) in [5.41, 5.74) is 0. The minimum atomic E-state index is 0.159. The molecule has 3 nitrogen and oxygen atoms in total. The summed E-state index contributed by atoms with van der Waals surface area (Å²) in [6, 6.07) is 0. The van der Waals surface area contributed by atoms with Crippen molar-refractivity contribution < 1.29 is 9.63 Å². The van der Waals surface area contributed by atoms with E-state index in [1.807, 2.05) is 0 Å². The number of nitrogens with zero attached hydrogens (tertiary/aromatic N) is 1. The zero-order chi connectivity index (χ0) is 12.5. The van der Waals surface area contributed by atoms with Crippen LogP contribution >= 0.6 is 0 Å². The Balaban J connectivity index is 2.44. The zero-order valence-electron chi connectivity index (χ0n) is 11.4. The Morgan fingerprint density at radius 1 is 0.941 bits per heavy atom. The summed E-state index contributed by atoms with van der Waals surface area (Å²) in [6.07, 6.45) is 12.4. The number of carbonyl (C=O) groups is 1. The lowest BCUT2D eigenvalue weighted by atomic mass is 9.94. The molecule has 1 aliphatic rings. The van der Waals surface area contributed by atoms with Crippen LogP contribution in [0, 0.1) is 5.92 Å². The van der Waals surface area contributed by atoms with Gasteiger partial charge in [0, 0.05) is 13.0 Å². The molecule has 0 aromatic heterocycles. The van der Waals surface area contributed by atoms with Crippen molar-refractivity contribution in [2.45, 2.75) is 64.2 Å². The molecule has 0 aliphatic heterocycles. The first-order valence-electron chi connectivity index (χ1n) is 7.07. The van der Waals surface area contributed by atoms with E-state index in [-0.39, 0.29) is 11.8 Å². The second kappa shape index (κ2) is 8.51. The maximum absolute atomic E-state index is 12.1. The lowest BCUT2D eigenvalue weighted by Crippen LogP contribution is -2.32. The summed E-state index contributed by atoms with van der Waals surface area (Å²) in [7, 11) is 3.27. The highest BCUT2D eigenvalue weighted by Gasteiger charge is 2.21. The van der Waals surface area contributed by atoms with Crippen LogP contribution in [0.5, 0.6) is 0 Å². The van der Waals surface area contributed by atoms with Gasteiger partial charge in [0.15, 0.2) is 0 Å². The van der Waals surface area contributed by atoms with Crippen molar-refractivity contribution in [1.29, 1.82) is 0 Å². The topological polar surface area (TPSA) is 29.5 Å². The Morgan fingerprint density at radius 3 is 1.76 bits per heavy atom. The molecule has 0 radical (unpaired) electrons. The molecule has 0 aromatic carbocycles. The van der Waals surface area contributed by atoms with E-state index < -0.39 is 0 Å². The molecule has 0 spiro atoms. The monoisotopic (exact) mass is 241 g/mol. The van der Waals surface area contributed by atoms with E-state index in [4.69, 9.17) is 4.84 Å². The van der Waals surface area contributed by atoms with Crippen LogP contribution in [0.3, 0.4) is 0 Å². The molecule has 1 saturated carbocycles. The molecule has 0 N–H and O–H groups in total. The van der Waals surface area contributed by atoms with Crippen molar-refractivity contribution in [2.24, 2.45) is 5.92 Å². The zero-order valence-corrected chi connectivity index (χ0v) is 11.4. The highest BCUT2D eigenvalue weighted by atomic mass is 16.7. The first-order chi connectivity index (χ1) is 8.25. The van der Waals surface area contributed by atoms with Crippen molar-refractivity contribution in [2.75, 3.05) is 14.2 Å². The lowest BCUT2D eigenvalue weighted by molar-refractivity contribution is -0.174. The molecular formula is C14H27NO2. The van der Waals surface area contributed by atoms with Crippen LogP contribution in [0.2, 0.25) is 0 Å². The number of hydrogen-bond acceptors (Lipinski definition) is 2. The average Bonchev–Trinajstić information content (AvgIpc) is 2.41. The van der Waals surface area contributed by atoms with E-state index in [9.17, 15) is 4.79 Å². The van der Waals surface area contributed by atoms with Crippen molar-refractivity contribution >= 4 is 5.91 Å². The van der Waals surface area contributed by atoms with Gasteiger partial charge in [-0.05, 0) is 12.8 Å². The largest absolute Gasteiger partial charge is 0.275 e. The van der Waals surface area contributed by atoms with Crippen molar-refractivity contribution in [1.82, 2.24) is 5.06 Å². The lowest BCUT2D eigenvalue weighted by Gasteiger charge is -2.21. The van der Waals surface area contributed by atoms with Gasteiger partial charge >= 0.3 is 0 Å². The van der Waals surface area contributed by atoms with Gasteiger partial charge in [-0.2, -0.15) is 0 Å². The first kappa shape index (κ1) is 14.5. The third-order valence-corrected chi connectivity index (χ3v) is 3.79. The van der Waals surface area contributed by atoms with Gasteiger partial charge in [0.05, 0.1) is 7.11 Å². The summed E-state index contributed by atoms with van der Waals surface area (Å²) in [5.74, 6) is 0.338. The second-order valence-corrected chi connectivity index (χ2v) is 5.12. The molecule has 1 aliphatic carbocycles. The van der Waals surface area contributed by atoms with E-state index in [0.717, 1.165) is 12.8 Å². The van der Waals surface area contributed by atoms with E-state index in [1.165, 1.54) is 56.4 Å². The molecule has 0 bridgehead atoms. The number of rotatable bonds is 2. The highest BCUT2D eigenvalue weighted by molar-refractivity contribution is 5.77. The molecule has 1 fully saturated rings. The molecule has 1 amide bonds. The minimum absolute atomic E-state index is 0.159. The average molecular weight is 241 g/mol. The van der Waals surface area contributed by atoms with Gasteiger partial charge in [-0.25, -0.2) is 5.06 Å². The molecule has 0 aromatic rings. The Kier molecular flexibility index (Phi) is 7.25. The number of hydroxylamine groups is 2. The van der Waals surface area contributed by atoms with E-state index in [0.29, 0.717) is 0 Å². The first-order valence-corrected chi connectivity index (χ1v) is 7.07. The molecule has 1 rings (SSSR count). The molecule has 100 valence electrons. The third-order valence-electron chi connectivity index (χ3n) is 3.79. The highest BCUT2D eigenvalue weighted by Crippen LogP contribution is 2.22. The summed E-state index contributed by atoms with van der Waals surface area (Å²) in [4.78, 5) is 17.1. The number of amides is 1. The Labute approximate surface area is 105 Å². The Hall–Kier alpha value is -0.570. The van der Waals surface area contributed by atoms with Crippen LogP contribution in [0.1, 0.15) is 64.2 Å². The molecule has 0 unspecified atom stereocenters. The second-order valence-electron chi connectivity index (χ2n) is 5.12. The van der Waals surface area contributed by atoms with Crippen molar-refractivity contribution in [3.8, 4) is 0 Å². The number of hydrogen-bond donors (Lipinski definition) is 0. The van der Waals surface area contributed by atoms with Gasteiger partial charge in [-0.1, -0.05) is 51.4 Å². The maximum Gasteiger partial charge on any atom is 0.248 e. The quantitative estimate of drug-likeness (QED) is 0.692. The van der Waals surface area contributed by atoms with Crippen molar-refractivity contribution in [3.05, 3.63) is 0 Å². The molecule has 0 heterocycles. The van der Waals surface area contributed by atoms with Crippen LogP contribution in [0.4, 0.5) is 0 Å². The SMILES string of the molecule is CON(C)C(=O)C1CCCCCCCCCC1. The summed E-state index contributed by atoms with van der Waals surface area (Å²) >= 11 is 0. The van der Waals surface area contributed by atoms with E-state index in [1.54, 1.807) is 14.2 Å². The predicted molar refractivity (Wildman–Crippen MR) is 69.4 cm³/mol. The van der Waals surface area contributed by atoms with Crippen LogP contribution in [-0.2, 0) is 9.63 Å². The van der Waals surface area contributed by atoms with Crippen molar-refractivity contribution in [3.63, 3.8) is 0 Å². The fourth-order valence-corrected chi connectivity index (χ4v) is 2.58. The standard InChI is InChI=1S/C14H27NO2/c1-15(17-2)14(16)13-11-9-7-5-3-4-6-8-10-12-13/h13H,3-12H2,1-2H3. The summed E-state index contributed by atoms with van der Waals surface area (Å²) in [6.45, 7) is 0. The Bertz CT molecular complexity index is 206.